The van der Waals surface area contributed by atoms with E-state index in [4.69, 9.17) is 9.47 Å². The molecular weight excluding hydrogens is 511 g/mol. The minimum absolute atomic E-state index is 0.0589. The Kier molecular flexibility index (Phi) is 11.5. The number of rotatable bonds is 12. The lowest BCUT2D eigenvalue weighted by Gasteiger charge is -2.43. The Bertz CT molecular complexity index is 806. The Morgan fingerprint density at radius 3 is 2.50 bits per heavy atom. The van der Waals surface area contributed by atoms with Crippen LogP contribution in [0.2, 0.25) is 0 Å². The second-order valence-electron chi connectivity index (χ2n) is 9.48. The zero-order valence-corrected chi connectivity index (χ0v) is 22.7. The zero-order valence-electron chi connectivity index (χ0n) is 20.5. The van der Waals surface area contributed by atoms with Crippen LogP contribution in [-0.2, 0) is 11.3 Å². The quantitative estimate of drug-likeness (QED) is 0.213. The van der Waals surface area contributed by atoms with Gasteiger partial charge in [-0.1, -0.05) is 65.8 Å². The van der Waals surface area contributed by atoms with E-state index in [2.05, 4.69) is 60.4 Å². The van der Waals surface area contributed by atoms with E-state index in [1.54, 1.807) is 7.11 Å². The van der Waals surface area contributed by atoms with Crippen molar-refractivity contribution in [1.29, 1.82) is 0 Å². The number of hydrogen-bond donors (Lipinski definition) is 1. The van der Waals surface area contributed by atoms with Gasteiger partial charge in [-0.25, -0.2) is 0 Å². The van der Waals surface area contributed by atoms with Gasteiger partial charge in [-0.15, -0.1) is 0 Å². The maximum Gasteiger partial charge on any atom is 0.118 e. The molecule has 178 valence electrons. The molecule has 32 heavy (non-hydrogen) atoms. The van der Waals surface area contributed by atoms with Crippen LogP contribution in [0.5, 0.6) is 5.75 Å². The Hall–Kier alpha value is -1.11. The molecule has 3 nitrogen and oxygen atoms in total. The predicted molar refractivity (Wildman–Crippen MR) is 143 cm³/mol. The summed E-state index contributed by atoms with van der Waals surface area (Å²) in [6, 6.07) is 8.03. The molecule has 0 saturated heterocycles. The smallest absolute Gasteiger partial charge is 0.118 e. The molecule has 1 N–H and O–H groups in total. The maximum absolute atomic E-state index is 10.1. The third kappa shape index (κ3) is 7.74. The third-order valence-electron chi connectivity index (χ3n) is 7.20. The Balaban J connectivity index is 2.05. The number of methoxy groups -OCH3 is 1. The molecule has 1 aromatic rings. The standard InChI is InChI=1S/C28H41IO3/c1-21(7-6-8-22(2)17-29)15-16-28(4)23(3)9-12-25(18-30)27(28)20-32-19-24-10-13-26(31-5)14-11-24/h7,10-11,13-14,17,23,30H,6,8-9,12,15-16,18-20H2,1-5H3/b21-7+,22-17+/t23-,28+/m1/s1. The molecule has 0 amide bonds. The van der Waals surface area contributed by atoms with Crippen LogP contribution >= 0.6 is 22.6 Å². The highest BCUT2D eigenvalue weighted by Crippen LogP contribution is 2.48. The summed E-state index contributed by atoms with van der Waals surface area (Å²) in [6.07, 6.45) is 8.95. The van der Waals surface area contributed by atoms with Crippen LogP contribution in [0.15, 0.2) is 56.7 Å². The van der Waals surface area contributed by atoms with Crippen molar-refractivity contribution in [3.05, 3.63) is 62.3 Å². The molecule has 2 rings (SSSR count). The van der Waals surface area contributed by atoms with Gasteiger partial charge in [0, 0.05) is 0 Å². The van der Waals surface area contributed by atoms with E-state index in [1.807, 2.05) is 24.3 Å². The Morgan fingerprint density at radius 1 is 1.16 bits per heavy atom. The molecule has 0 fully saturated rings. The van der Waals surface area contributed by atoms with Gasteiger partial charge in [0.1, 0.15) is 5.75 Å². The van der Waals surface area contributed by atoms with Gasteiger partial charge in [0.2, 0.25) is 0 Å². The van der Waals surface area contributed by atoms with Gasteiger partial charge in [-0.2, -0.15) is 0 Å². The first-order valence-corrected chi connectivity index (χ1v) is 13.0. The molecule has 1 aliphatic carbocycles. The molecule has 0 heterocycles. The van der Waals surface area contributed by atoms with E-state index < -0.39 is 0 Å². The number of aliphatic hydroxyl groups excluding tert-OH is 1. The summed E-state index contributed by atoms with van der Waals surface area (Å²) in [7, 11) is 1.68. The van der Waals surface area contributed by atoms with Crippen LogP contribution in [0.3, 0.4) is 0 Å². The number of ether oxygens (including phenoxy) is 2. The maximum atomic E-state index is 10.1. The van der Waals surface area contributed by atoms with Crippen molar-refractivity contribution < 1.29 is 14.6 Å². The molecular formula is C28H41IO3. The lowest BCUT2D eigenvalue weighted by atomic mass is 9.62. The normalized spacial score (nSPS) is 22.4. The highest BCUT2D eigenvalue weighted by Gasteiger charge is 2.39. The predicted octanol–water partition coefficient (Wildman–Crippen LogP) is 7.78. The number of halogens is 1. The van der Waals surface area contributed by atoms with Crippen LogP contribution in [-0.4, -0.2) is 25.4 Å². The largest absolute Gasteiger partial charge is 0.497 e. The molecule has 0 aliphatic heterocycles. The third-order valence-corrected chi connectivity index (χ3v) is 8.27. The zero-order chi connectivity index (χ0) is 23.6. The van der Waals surface area contributed by atoms with E-state index in [0.29, 0.717) is 19.1 Å². The summed E-state index contributed by atoms with van der Waals surface area (Å²) >= 11 is 2.32. The van der Waals surface area contributed by atoms with Gasteiger partial charge >= 0.3 is 0 Å². The number of allylic oxidation sites excluding steroid dienone is 3. The molecule has 2 atom stereocenters. The summed E-state index contributed by atoms with van der Waals surface area (Å²) in [5.41, 5.74) is 6.61. The number of aliphatic hydroxyl groups is 1. The molecule has 0 aromatic heterocycles. The van der Waals surface area contributed by atoms with E-state index in [0.717, 1.165) is 49.8 Å². The average Bonchev–Trinajstić information content (AvgIpc) is 2.81. The number of benzene rings is 1. The molecule has 1 aromatic carbocycles. The molecule has 0 radical (unpaired) electrons. The van der Waals surface area contributed by atoms with Crippen LogP contribution in [0.1, 0.15) is 71.8 Å². The first-order chi connectivity index (χ1) is 15.3. The van der Waals surface area contributed by atoms with Gasteiger partial charge in [0.15, 0.2) is 0 Å². The van der Waals surface area contributed by atoms with Crippen LogP contribution in [0, 0.1) is 11.3 Å². The minimum atomic E-state index is 0.0589. The molecule has 0 saturated carbocycles. The highest BCUT2D eigenvalue weighted by molar-refractivity contribution is 14.1. The van der Waals surface area contributed by atoms with Crippen molar-refractivity contribution in [1.82, 2.24) is 0 Å². The number of hydrogen-bond acceptors (Lipinski definition) is 3. The minimum Gasteiger partial charge on any atom is -0.497 e. The molecule has 4 heteroatoms. The SMILES string of the molecule is COc1ccc(COCC2=C(CO)CC[C@@H](C)[C@]2(C)CC/C(C)=C/CC/C(C)=C/I)cc1. The second-order valence-corrected chi connectivity index (χ2v) is 10.1. The highest BCUT2D eigenvalue weighted by atomic mass is 127. The van der Waals surface area contributed by atoms with Crippen molar-refractivity contribution >= 4 is 22.6 Å². The summed E-state index contributed by atoms with van der Waals surface area (Å²) in [4.78, 5) is 0. The van der Waals surface area contributed by atoms with Crippen molar-refractivity contribution in [3.63, 3.8) is 0 Å². The van der Waals surface area contributed by atoms with Crippen molar-refractivity contribution in [2.24, 2.45) is 11.3 Å². The van der Waals surface area contributed by atoms with E-state index in [-0.39, 0.29) is 12.0 Å². The van der Waals surface area contributed by atoms with Crippen molar-refractivity contribution in [3.8, 4) is 5.75 Å². The molecule has 0 spiro atoms. The molecule has 0 unspecified atom stereocenters. The molecule has 0 bridgehead atoms. The monoisotopic (exact) mass is 552 g/mol. The van der Waals surface area contributed by atoms with Gasteiger partial charge in [0.05, 0.1) is 26.9 Å². The first-order valence-electron chi connectivity index (χ1n) is 11.8. The van der Waals surface area contributed by atoms with E-state index in [1.165, 1.54) is 22.3 Å². The van der Waals surface area contributed by atoms with Crippen LogP contribution in [0.4, 0.5) is 0 Å². The van der Waals surface area contributed by atoms with Gasteiger partial charge in [-0.3, -0.25) is 0 Å². The van der Waals surface area contributed by atoms with Crippen molar-refractivity contribution in [2.75, 3.05) is 20.3 Å². The molecule has 1 aliphatic rings. The summed E-state index contributed by atoms with van der Waals surface area (Å²) in [6.45, 7) is 10.5. The first kappa shape index (κ1) is 27.1. The Labute approximate surface area is 209 Å². The fourth-order valence-corrected chi connectivity index (χ4v) is 4.86. The fourth-order valence-electron chi connectivity index (χ4n) is 4.55. The van der Waals surface area contributed by atoms with Crippen LogP contribution in [0.25, 0.3) is 0 Å². The van der Waals surface area contributed by atoms with Crippen molar-refractivity contribution in [2.45, 2.75) is 72.8 Å². The second kappa shape index (κ2) is 13.6. The summed E-state index contributed by atoms with van der Waals surface area (Å²) in [5, 5.41) is 10.1. The summed E-state index contributed by atoms with van der Waals surface area (Å²) in [5.74, 6) is 1.44. The summed E-state index contributed by atoms with van der Waals surface area (Å²) < 4.78 is 13.6. The van der Waals surface area contributed by atoms with E-state index >= 15 is 0 Å². The van der Waals surface area contributed by atoms with Crippen LogP contribution < -0.4 is 4.74 Å². The lowest BCUT2D eigenvalue weighted by Crippen LogP contribution is -2.35. The fraction of sp³-hybridized carbons (Fsp3) is 0.571. The van der Waals surface area contributed by atoms with E-state index in [9.17, 15) is 5.11 Å². The van der Waals surface area contributed by atoms with Gasteiger partial charge in [0.25, 0.3) is 0 Å². The Morgan fingerprint density at radius 2 is 1.88 bits per heavy atom. The average molecular weight is 553 g/mol. The van der Waals surface area contributed by atoms with Gasteiger partial charge < -0.3 is 14.6 Å². The lowest BCUT2D eigenvalue weighted by molar-refractivity contribution is 0.100. The van der Waals surface area contributed by atoms with Gasteiger partial charge in [-0.05, 0) is 96.6 Å². The topological polar surface area (TPSA) is 38.7 Å².